The fourth-order valence-electron chi connectivity index (χ4n) is 3.13. The molecule has 0 amide bonds. The van der Waals surface area contributed by atoms with Gasteiger partial charge < -0.3 is 9.67 Å². The first kappa shape index (κ1) is 16.3. The van der Waals surface area contributed by atoms with Crippen LogP contribution in [0.5, 0.6) is 0 Å². The number of carbonyl (C=O) groups is 1. The maximum atomic E-state index is 10.8. The van der Waals surface area contributed by atoms with E-state index in [2.05, 4.69) is 42.5 Å². The van der Waals surface area contributed by atoms with E-state index in [-0.39, 0.29) is 11.2 Å². The van der Waals surface area contributed by atoms with Crippen molar-refractivity contribution < 1.29 is 9.90 Å². The molecule has 0 aromatic carbocycles. The number of thioether (sulfide) groups is 1. The van der Waals surface area contributed by atoms with Crippen molar-refractivity contribution in [3.63, 3.8) is 0 Å². The molecule has 1 fully saturated rings. The summed E-state index contributed by atoms with van der Waals surface area (Å²) in [6.07, 6.45) is 3.58. The van der Waals surface area contributed by atoms with Gasteiger partial charge in [-0.05, 0) is 24.2 Å². The predicted molar refractivity (Wildman–Crippen MR) is 83.6 cm³/mol. The largest absolute Gasteiger partial charge is 0.481 e. The van der Waals surface area contributed by atoms with Gasteiger partial charge in [0.2, 0.25) is 0 Å². The lowest BCUT2D eigenvalue weighted by molar-refractivity contribution is -0.133. The Bertz CT molecular complexity index is 511. The summed E-state index contributed by atoms with van der Waals surface area (Å²) in [6.45, 7) is 9.76. The van der Waals surface area contributed by atoms with E-state index < -0.39 is 5.97 Å². The van der Waals surface area contributed by atoms with Crippen LogP contribution in [0.3, 0.4) is 0 Å². The van der Waals surface area contributed by atoms with Gasteiger partial charge in [-0.3, -0.25) is 4.79 Å². The molecule has 21 heavy (non-hydrogen) atoms. The Kier molecular flexibility index (Phi) is 4.96. The molecule has 1 aliphatic rings. The zero-order chi connectivity index (χ0) is 15.6. The highest BCUT2D eigenvalue weighted by Gasteiger charge is 2.39. The first-order valence-corrected chi connectivity index (χ1v) is 8.57. The molecule has 1 unspecified atom stereocenters. The van der Waals surface area contributed by atoms with Gasteiger partial charge in [0.05, 0.1) is 5.75 Å². The van der Waals surface area contributed by atoms with Gasteiger partial charge in [-0.2, -0.15) is 0 Å². The van der Waals surface area contributed by atoms with Gasteiger partial charge in [0.15, 0.2) is 5.16 Å². The topological polar surface area (TPSA) is 68.0 Å². The van der Waals surface area contributed by atoms with Crippen LogP contribution in [0, 0.1) is 11.3 Å². The maximum absolute atomic E-state index is 10.8. The molecule has 0 radical (unpaired) electrons. The second kappa shape index (κ2) is 6.38. The van der Waals surface area contributed by atoms with E-state index in [9.17, 15) is 4.79 Å². The van der Waals surface area contributed by atoms with E-state index >= 15 is 0 Å². The molecule has 1 N–H and O–H groups in total. The number of carboxylic acid groups (broad SMARTS) is 1. The van der Waals surface area contributed by atoms with E-state index in [0.29, 0.717) is 11.8 Å². The normalized spacial score (nSPS) is 21.1. The standard InChI is InChI=1S/C15H25N3O2S/c1-10(2)8-18-13(11-6-5-7-15(11,3)4)16-17-14(18)21-9-12(19)20/h10-11H,5-9H2,1-4H3,(H,19,20). The molecular formula is C15H25N3O2S. The van der Waals surface area contributed by atoms with E-state index in [4.69, 9.17) is 5.11 Å². The first-order chi connectivity index (χ1) is 9.81. The molecule has 1 atom stereocenters. The average Bonchev–Trinajstić information content (AvgIpc) is 2.89. The minimum Gasteiger partial charge on any atom is -0.481 e. The molecular weight excluding hydrogens is 286 g/mol. The van der Waals surface area contributed by atoms with Crippen molar-refractivity contribution in [1.29, 1.82) is 0 Å². The monoisotopic (exact) mass is 311 g/mol. The van der Waals surface area contributed by atoms with Gasteiger partial charge in [0.25, 0.3) is 0 Å². The zero-order valence-electron chi connectivity index (χ0n) is 13.3. The molecule has 6 heteroatoms. The molecule has 2 rings (SSSR count). The fourth-order valence-corrected chi connectivity index (χ4v) is 3.81. The lowest BCUT2D eigenvalue weighted by Gasteiger charge is -2.27. The second-order valence-corrected chi connectivity index (χ2v) is 7.90. The van der Waals surface area contributed by atoms with Crippen LogP contribution < -0.4 is 0 Å². The van der Waals surface area contributed by atoms with Gasteiger partial charge >= 0.3 is 5.97 Å². The highest BCUT2D eigenvalue weighted by atomic mass is 32.2. The molecule has 0 saturated heterocycles. The number of carboxylic acids is 1. The summed E-state index contributed by atoms with van der Waals surface area (Å²) in [7, 11) is 0. The Labute approximate surface area is 130 Å². The third-order valence-electron chi connectivity index (χ3n) is 4.19. The smallest absolute Gasteiger partial charge is 0.313 e. The minimum atomic E-state index is -0.818. The third kappa shape index (κ3) is 3.78. The van der Waals surface area contributed by atoms with Gasteiger partial charge in [0.1, 0.15) is 5.82 Å². The Morgan fingerprint density at radius 3 is 2.71 bits per heavy atom. The maximum Gasteiger partial charge on any atom is 0.313 e. The quantitative estimate of drug-likeness (QED) is 0.815. The van der Waals surface area contributed by atoms with Crippen LogP contribution in [0.4, 0.5) is 0 Å². The molecule has 1 aromatic heterocycles. The van der Waals surface area contributed by atoms with Crippen LogP contribution in [0.15, 0.2) is 5.16 Å². The Hall–Kier alpha value is -1.04. The number of aromatic nitrogens is 3. The van der Waals surface area contributed by atoms with Crippen molar-refractivity contribution >= 4 is 17.7 Å². The molecule has 1 aliphatic carbocycles. The second-order valence-electron chi connectivity index (χ2n) is 6.96. The van der Waals surface area contributed by atoms with Crippen LogP contribution in [0.25, 0.3) is 0 Å². The summed E-state index contributed by atoms with van der Waals surface area (Å²) in [6, 6.07) is 0. The molecule has 118 valence electrons. The van der Waals surface area contributed by atoms with Crippen LogP contribution >= 0.6 is 11.8 Å². The number of hydrogen-bond acceptors (Lipinski definition) is 4. The molecule has 0 aliphatic heterocycles. The van der Waals surface area contributed by atoms with Gasteiger partial charge in [-0.1, -0.05) is 45.9 Å². The summed E-state index contributed by atoms with van der Waals surface area (Å²) in [5.41, 5.74) is 0.247. The third-order valence-corrected chi connectivity index (χ3v) is 5.14. The number of aliphatic carboxylic acids is 1. The van der Waals surface area contributed by atoms with Crippen molar-refractivity contribution in [2.75, 3.05) is 5.75 Å². The average molecular weight is 311 g/mol. The molecule has 1 saturated carbocycles. The van der Waals surface area contributed by atoms with Crippen molar-refractivity contribution in [1.82, 2.24) is 14.8 Å². The van der Waals surface area contributed by atoms with E-state index in [0.717, 1.165) is 23.9 Å². The molecule has 1 aromatic rings. The summed E-state index contributed by atoms with van der Waals surface area (Å²) < 4.78 is 2.15. The van der Waals surface area contributed by atoms with Crippen molar-refractivity contribution in [2.45, 2.75) is 64.6 Å². The molecule has 0 spiro atoms. The van der Waals surface area contributed by atoms with Crippen LogP contribution in [-0.4, -0.2) is 31.6 Å². The van der Waals surface area contributed by atoms with Gasteiger partial charge in [0, 0.05) is 12.5 Å². The Morgan fingerprint density at radius 1 is 1.48 bits per heavy atom. The highest BCUT2D eigenvalue weighted by Crippen LogP contribution is 2.48. The van der Waals surface area contributed by atoms with Gasteiger partial charge in [-0.25, -0.2) is 0 Å². The predicted octanol–water partition coefficient (Wildman–Crippen LogP) is 3.40. The highest BCUT2D eigenvalue weighted by molar-refractivity contribution is 7.99. The van der Waals surface area contributed by atoms with E-state index in [1.54, 1.807) is 0 Å². The summed E-state index contributed by atoms with van der Waals surface area (Å²) in [4.78, 5) is 10.8. The number of hydrogen-bond donors (Lipinski definition) is 1. The summed E-state index contributed by atoms with van der Waals surface area (Å²) in [5.74, 6) is 1.15. The summed E-state index contributed by atoms with van der Waals surface area (Å²) >= 11 is 1.27. The van der Waals surface area contributed by atoms with E-state index in [1.807, 2.05) is 0 Å². The Balaban J connectivity index is 2.30. The molecule has 0 bridgehead atoms. The van der Waals surface area contributed by atoms with Crippen molar-refractivity contribution in [2.24, 2.45) is 11.3 Å². The number of rotatable bonds is 6. The van der Waals surface area contributed by atoms with Crippen molar-refractivity contribution in [3.8, 4) is 0 Å². The van der Waals surface area contributed by atoms with Crippen molar-refractivity contribution in [3.05, 3.63) is 5.82 Å². The zero-order valence-corrected chi connectivity index (χ0v) is 14.1. The van der Waals surface area contributed by atoms with Crippen LogP contribution in [0.2, 0.25) is 0 Å². The van der Waals surface area contributed by atoms with E-state index in [1.165, 1.54) is 24.6 Å². The molecule has 1 heterocycles. The van der Waals surface area contributed by atoms with Gasteiger partial charge in [-0.15, -0.1) is 10.2 Å². The molecule has 5 nitrogen and oxygen atoms in total. The summed E-state index contributed by atoms with van der Waals surface area (Å²) in [5, 5.41) is 18.3. The first-order valence-electron chi connectivity index (χ1n) is 7.59. The Morgan fingerprint density at radius 2 is 2.19 bits per heavy atom. The lowest BCUT2D eigenvalue weighted by Crippen LogP contribution is -2.21. The lowest BCUT2D eigenvalue weighted by atomic mass is 9.81. The fraction of sp³-hybridized carbons (Fsp3) is 0.800. The number of nitrogens with zero attached hydrogens (tertiary/aromatic N) is 3. The van der Waals surface area contributed by atoms with Crippen LogP contribution in [0.1, 0.15) is 58.7 Å². The minimum absolute atomic E-state index is 0.0320. The SMILES string of the molecule is CC(C)Cn1c(SCC(=O)O)nnc1C1CCCC1(C)C. The van der Waals surface area contributed by atoms with Crippen LogP contribution in [-0.2, 0) is 11.3 Å².